The number of hydrogen-bond acceptors (Lipinski definition) is 4. The summed E-state index contributed by atoms with van der Waals surface area (Å²) in [6, 6.07) is 13.5. The van der Waals surface area contributed by atoms with Crippen LogP contribution in [0.15, 0.2) is 42.5 Å². The topological polar surface area (TPSA) is 44.8 Å². The summed E-state index contributed by atoms with van der Waals surface area (Å²) in [6.07, 6.45) is 0.991. The molecule has 0 radical (unpaired) electrons. The molecule has 2 aromatic rings. The van der Waals surface area contributed by atoms with Gasteiger partial charge in [0.25, 0.3) is 0 Å². The van der Waals surface area contributed by atoms with Crippen molar-refractivity contribution in [3.05, 3.63) is 53.6 Å². The number of carbonyl (C=O) groups excluding carboxylic acids is 1. The molecule has 1 saturated heterocycles. The molecular formula is C21H25N3O2. The Morgan fingerprint density at radius 1 is 1.23 bits per heavy atom. The molecule has 2 atom stereocenters. The molecule has 5 heteroatoms. The van der Waals surface area contributed by atoms with Gasteiger partial charge in [0.1, 0.15) is 5.75 Å². The van der Waals surface area contributed by atoms with Crippen molar-refractivity contribution in [2.24, 2.45) is 0 Å². The molecule has 0 bridgehead atoms. The van der Waals surface area contributed by atoms with Crippen molar-refractivity contribution in [1.29, 1.82) is 0 Å². The van der Waals surface area contributed by atoms with Crippen LogP contribution in [0.5, 0.6) is 5.75 Å². The highest BCUT2D eigenvalue weighted by Crippen LogP contribution is 2.52. The van der Waals surface area contributed by atoms with Crippen molar-refractivity contribution in [2.75, 3.05) is 30.9 Å². The van der Waals surface area contributed by atoms with E-state index in [2.05, 4.69) is 48.3 Å². The number of nitrogens with one attached hydrogen (secondary N) is 1. The molecular weight excluding hydrogens is 326 g/mol. The van der Waals surface area contributed by atoms with Gasteiger partial charge in [0.15, 0.2) is 0 Å². The van der Waals surface area contributed by atoms with Crippen LogP contribution in [0.25, 0.3) is 0 Å². The van der Waals surface area contributed by atoms with Gasteiger partial charge in [-0.3, -0.25) is 10.2 Å². The van der Waals surface area contributed by atoms with Gasteiger partial charge in [-0.2, -0.15) is 0 Å². The highest BCUT2D eigenvalue weighted by molar-refractivity contribution is 5.86. The summed E-state index contributed by atoms with van der Waals surface area (Å²) in [6.45, 7) is 5.37. The lowest BCUT2D eigenvalue weighted by atomic mass is 9.81. The number of likely N-dealkylation sites (N-methyl/N-ethyl adjacent to an activating group) is 2. The van der Waals surface area contributed by atoms with E-state index in [0.717, 1.165) is 24.2 Å². The van der Waals surface area contributed by atoms with Crippen LogP contribution in [0, 0.1) is 6.92 Å². The van der Waals surface area contributed by atoms with Gasteiger partial charge in [-0.15, -0.1) is 0 Å². The summed E-state index contributed by atoms with van der Waals surface area (Å²) in [5.41, 5.74) is 4.24. The Balaban J connectivity index is 1.62. The molecule has 0 spiro atoms. The average molecular weight is 351 g/mol. The number of para-hydroxylation sites is 1. The maximum atomic E-state index is 12.3. The van der Waals surface area contributed by atoms with Gasteiger partial charge >= 0.3 is 6.09 Å². The first kappa shape index (κ1) is 16.9. The number of benzene rings is 2. The molecule has 1 fully saturated rings. The number of anilines is 2. The molecule has 1 amide bonds. The van der Waals surface area contributed by atoms with Gasteiger partial charge in [0.05, 0.1) is 6.17 Å². The van der Waals surface area contributed by atoms with E-state index in [0.29, 0.717) is 11.9 Å². The van der Waals surface area contributed by atoms with Crippen LogP contribution in [-0.2, 0) is 5.41 Å². The normalized spacial score (nSPS) is 24.3. The van der Waals surface area contributed by atoms with E-state index in [-0.39, 0.29) is 5.41 Å². The molecule has 2 aliphatic rings. The number of hydrogen-bond donors (Lipinski definition) is 1. The van der Waals surface area contributed by atoms with E-state index < -0.39 is 6.09 Å². The number of likely N-dealkylation sites (tertiary alicyclic amines) is 1. The van der Waals surface area contributed by atoms with Crippen LogP contribution in [0.2, 0.25) is 0 Å². The smallest absolute Gasteiger partial charge is 0.410 e. The standard InChI is InChI=1S/C21H25N3O2/c1-14-12-17-16(21(2)10-11-23(3)19(21)24(17)4)13-18(14)26-20(25)22-15-8-6-5-7-9-15/h5-9,12-13,19H,10-11H2,1-4H3,(H,22,25)/t19-,21+/m1/s1. The van der Waals surface area contributed by atoms with Crippen LogP contribution in [-0.4, -0.2) is 37.8 Å². The second-order valence-corrected chi connectivity index (χ2v) is 7.65. The quantitative estimate of drug-likeness (QED) is 0.889. The lowest BCUT2D eigenvalue weighted by Gasteiger charge is -2.32. The Bertz CT molecular complexity index is 852. The van der Waals surface area contributed by atoms with Crippen molar-refractivity contribution in [2.45, 2.75) is 31.8 Å². The average Bonchev–Trinajstić information content (AvgIpc) is 3.02. The number of ether oxygens (including phenoxy) is 1. The lowest BCUT2D eigenvalue weighted by Crippen LogP contribution is -2.45. The van der Waals surface area contributed by atoms with E-state index in [1.807, 2.05) is 37.3 Å². The van der Waals surface area contributed by atoms with Crippen LogP contribution >= 0.6 is 0 Å². The van der Waals surface area contributed by atoms with Crippen LogP contribution in [0.4, 0.5) is 16.2 Å². The SMILES string of the molecule is Cc1cc2c(cc1OC(=O)Nc1ccccc1)[C@]1(C)CCN(C)[C@@H]1N2C. The van der Waals surface area contributed by atoms with Crippen LogP contribution in [0.1, 0.15) is 24.5 Å². The monoisotopic (exact) mass is 351 g/mol. The fourth-order valence-corrected chi connectivity index (χ4v) is 4.57. The third-order valence-corrected chi connectivity index (χ3v) is 5.85. The zero-order valence-electron chi connectivity index (χ0n) is 15.7. The van der Waals surface area contributed by atoms with Crippen molar-refractivity contribution >= 4 is 17.5 Å². The summed E-state index contributed by atoms with van der Waals surface area (Å²) in [4.78, 5) is 17.1. The van der Waals surface area contributed by atoms with E-state index in [4.69, 9.17) is 4.74 Å². The molecule has 0 saturated carbocycles. The summed E-state index contributed by atoms with van der Waals surface area (Å²) < 4.78 is 5.65. The largest absolute Gasteiger partial charge is 0.417 e. The molecule has 4 rings (SSSR count). The highest BCUT2D eigenvalue weighted by atomic mass is 16.6. The fourth-order valence-electron chi connectivity index (χ4n) is 4.57. The zero-order chi connectivity index (χ0) is 18.5. The maximum absolute atomic E-state index is 12.3. The lowest BCUT2D eigenvalue weighted by molar-refractivity contribution is 0.214. The van der Waals surface area contributed by atoms with Gasteiger partial charge in [-0.25, -0.2) is 4.79 Å². The number of aryl methyl sites for hydroxylation is 1. The van der Waals surface area contributed by atoms with Crippen molar-refractivity contribution in [3.63, 3.8) is 0 Å². The minimum absolute atomic E-state index is 0.0561. The highest BCUT2D eigenvalue weighted by Gasteiger charge is 2.52. The Kier molecular flexibility index (Phi) is 3.92. The Morgan fingerprint density at radius 2 is 1.96 bits per heavy atom. The molecule has 1 N–H and O–H groups in total. The van der Waals surface area contributed by atoms with Crippen LogP contribution in [0.3, 0.4) is 0 Å². The van der Waals surface area contributed by atoms with E-state index in [1.54, 1.807) is 0 Å². The van der Waals surface area contributed by atoms with Gasteiger partial charge in [-0.05, 0) is 55.8 Å². The minimum Gasteiger partial charge on any atom is -0.410 e. The Labute approximate surface area is 154 Å². The number of rotatable bonds is 2. The van der Waals surface area contributed by atoms with E-state index in [1.165, 1.54) is 11.3 Å². The third kappa shape index (κ3) is 2.54. The number of carbonyl (C=O) groups is 1. The zero-order valence-corrected chi connectivity index (χ0v) is 15.7. The van der Waals surface area contributed by atoms with Gasteiger partial charge in [0.2, 0.25) is 0 Å². The molecule has 0 aliphatic carbocycles. The molecule has 5 nitrogen and oxygen atoms in total. The van der Waals surface area contributed by atoms with Crippen molar-refractivity contribution in [1.82, 2.24) is 4.90 Å². The minimum atomic E-state index is -0.462. The molecule has 2 heterocycles. The summed E-state index contributed by atoms with van der Waals surface area (Å²) in [5, 5.41) is 2.78. The second-order valence-electron chi connectivity index (χ2n) is 7.65. The van der Waals surface area contributed by atoms with E-state index in [9.17, 15) is 4.79 Å². The summed E-state index contributed by atoms with van der Waals surface area (Å²) in [7, 11) is 4.33. The van der Waals surface area contributed by atoms with Gasteiger partial charge in [0, 0.05) is 30.4 Å². The fraction of sp³-hybridized carbons (Fsp3) is 0.381. The van der Waals surface area contributed by atoms with Crippen molar-refractivity contribution in [3.8, 4) is 5.75 Å². The Morgan fingerprint density at radius 3 is 2.69 bits per heavy atom. The number of amides is 1. The Hall–Kier alpha value is -2.53. The predicted octanol–water partition coefficient (Wildman–Crippen LogP) is 3.98. The molecule has 2 aromatic carbocycles. The first-order valence-electron chi connectivity index (χ1n) is 9.02. The first-order chi connectivity index (χ1) is 12.4. The van der Waals surface area contributed by atoms with Crippen LogP contribution < -0.4 is 15.0 Å². The second kappa shape index (κ2) is 6.02. The molecule has 0 aromatic heterocycles. The summed E-state index contributed by atoms with van der Waals surface area (Å²) in [5.74, 6) is 0.627. The summed E-state index contributed by atoms with van der Waals surface area (Å²) >= 11 is 0. The number of nitrogens with zero attached hydrogens (tertiary/aromatic N) is 2. The van der Waals surface area contributed by atoms with Gasteiger partial charge < -0.3 is 9.64 Å². The first-order valence-corrected chi connectivity index (χ1v) is 9.02. The molecule has 26 heavy (non-hydrogen) atoms. The number of fused-ring (bicyclic) bond motifs is 3. The van der Waals surface area contributed by atoms with E-state index >= 15 is 0 Å². The third-order valence-electron chi connectivity index (χ3n) is 5.85. The molecule has 2 aliphatic heterocycles. The molecule has 0 unspecified atom stereocenters. The van der Waals surface area contributed by atoms with Gasteiger partial charge in [-0.1, -0.05) is 25.1 Å². The predicted molar refractivity (Wildman–Crippen MR) is 104 cm³/mol. The van der Waals surface area contributed by atoms with Crippen molar-refractivity contribution < 1.29 is 9.53 Å². The maximum Gasteiger partial charge on any atom is 0.417 e. The molecule has 136 valence electrons.